The van der Waals surface area contributed by atoms with Gasteiger partial charge in [0, 0.05) is 11.3 Å². The Hall–Kier alpha value is -4.46. The van der Waals surface area contributed by atoms with E-state index in [9.17, 15) is 19.6 Å². The Morgan fingerprint density at radius 1 is 1.12 bits per heavy atom. The SMILES string of the molecule is CCOc1ccc(NC(=O)CN2C(=O)S/C(=C/c3cc(Cl)c(OCc4ccccc4C#N)c(OC)c3)C2=O)cc1. The third-order valence-corrected chi connectivity index (χ3v) is 6.87. The number of rotatable bonds is 10. The molecular formula is C29H24ClN3O6S. The molecular weight excluding hydrogens is 554 g/mol. The van der Waals surface area contributed by atoms with Gasteiger partial charge in [0.1, 0.15) is 18.9 Å². The first kappa shape index (κ1) is 28.5. The number of imide groups is 1. The predicted molar refractivity (Wildman–Crippen MR) is 152 cm³/mol. The molecule has 4 rings (SSSR count). The topological polar surface area (TPSA) is 118 Å². The Morgan fingerprint density at radius 2 is 1.88 bits per heavy atom. The average Bonchev–Trinajstić information content (AvgIpc) is 3.20. The summed E-state index contributed by atoms with van der Waals surface area (Å²) < 4.78 is 16.7. The molecule has 0 aliphatic carbocycles. The molecule has 9 nitrogen and oxygen atoms in total. The van der Waals surface area contributed by atoms with Gasteiger partial charge in [-0.2, -0.15) is 5.26 Å². The smallest absolute Gasteiger partial charge is 0.294 e. The van der Waals surface area contributed by atoms with Gasteiger partial charge in [-0.15, -0.1) is 0 Å². The summed E-state index contributed by atoms with van der Waals surface area (Å²) in [4.78, 5) is 39.0. The third kappa shape index (κ3) is 6.75. The van der Waals surface area contributed by atoms with Crippen molar-refractivity contribution in [1.29, 1.82) is 5.26 Å². The van der Waals surface area contributed by atoms with Crippen molar-refractivity contribution in [2.75, 3.05) is 25.6 Å². The number of hydrogen-bond donors (Lipinski definition) is 1. The van der Waals surface area contributed by atoms with E-state index in [1.807, 2.05) is 6.92 Å². The van der Waals surface area contributed by atoms with E-state index in [0.717, 1.165) is 16.7 Å². The summed E-state index contributed by atoms with van der Waals surface area (Å²) in [5, 5.41) is 11.6. The summed E-state index contributed by atoms with van der Waals surface area (Å²) in [7, 11) is 1.45. The minimum atomic E-state index is -0.597. The minimum absolute atomic E-state index is 0.0940. The molecule has 0 bridgehead atoms. The van der Waals surface area contributed by atoms with Crippen molar-refractivity contribution >= 4 is 52.2 Å². The molecule has 0 radical (unpaired) electrons. The average molecular weight is 578 g/mol. The minimum Gasteiger partial charge on any atom is -0.494 e. The maximum atomic E-state index is 13.0. The molecule has 0 spiro atoms. The first-order valence-corrected chi connectivity index (χ1v) is 13.3. The van der Waals surface area contributed by atoms with Crippen LogP contribution in [0.25, 0.3) is 6.08 Å². The molecule has 0 aromatic heterocycles. The summed E-state index contributed by atoms with van der Waals surface area (Å²) in [5.41, 5.74) is 2.18. The maximum Gasteiger partial charge on any atom is 0.294 e. The monoisotopic (exact) mass is 577 g/mol. The van der Waals surface area contributed by atoms with Crippen molar-refractivity contribution in [2.24, 2.45) is 0 Å². The van der Waals surface area contributed by atoms with Crippen molar-refractivity contribution in [1.82, 2.24) is 4.90 Å². The van der Waals surface area contributed by atoms with Crippen molar-refractivity contribution in [2.45, 2.75) is 13.5 Å². The van der Waals surface area contributed by atoms with Gasteiger partial charge in [-0.1, -0.05) is 29.8 Å². The Kier molecular flexibility index (Phi) is 9.32. The highest BCUT2D eigenvalue weighted by Gasteiger charge is 2.36. The van der Waals surface area contributed by atoms with Crippen LogP contribution in [0, 0.1) is 11.3 Å². The van der Waals surface area contributed by atoms with Gasteiger partial charge in [-0.25, -0.2) is 0 Å². The number of hydrogen-bond acceptors (Lipinski definition) is 8. The quantitative estimate of drug-likeness (QED) is 0.297. The lowest BCUT2D eigenvalue weighted by Gasteiger charge is -2.14. The number of nitrogens with zero attached hydrogens (tertiary/aromatic N) is 2. The van der Waals surface area contributed by atoms with Crippen LogP contribution in [-0.2, 0) is 16.2 Å². The summed E-state index contributed by atoms with van der Waals surface area (Å²) in [6.45, 7) is 2.05. The first-order chi connectivity index (χ1) is 19.3. The second-order valence-electron chi connectivity index (χ2n) is 8.37. The number of nitriles is 1. The normalized spacial score (nSPS) is 13.8. The highest BCUT2D eigenvalue weighted by Crippen LogP contribution is 2.39. The van der Waals surface area contributed by atoms with Gasteiger partial charge in [-0.05, 0) is 72.8 Å². The highest BCUT2D eigenvalue weighted by molar-refractivity contribution is 8.18. The molecule has 1 aliphatic heterocycles. The van der Waals surface area contributed by atoms with Crippen LogP contribution in [0.3, 0.4) is 0 Å². The van der Waals surface area contributed by atoms with Crippen LogP contribution in [0.5, 0.6) is 17.2 Å². The zero-order valence-corrected chi connectivity index (χ0v) is 23.2. The molecule has 1 fully saturated rings. The van der Waals surface area contributed by atoms with Gasteiger partial charge in [0.15, 0.2) is 11.5 Å². The van der Waals surface area contributed by atoms with Gasteiger partial charge in [0.25, 0.3) is 11.1 Å². The second-order valence-corrected chi connectivity index (χ2v) is 9.77. The highest BCUT2D eigenvalue weighted by atomic mass is 35.5. The Labute approximate surface area is 240 Å². The van der Waals surface area contributed by atoms with Crippen molar-refractivity contribution < 1.29 is 28.6 Å². The van der Waals surface area contributed by atoms with E-state index in [0.29, 0.717) is 40.5 Å². The molecule has 3 amide bonds. The number of nitrogens with one attached hydrogen (secondary N) is 1. The molecule has 0 atom stereocenters. The van der Waals surface area contributed by atoms with Crippen LogP contribution >= 0.6 is 23.4 Å². The van der Waals surface area contributed by atoms with Gasteiger partial charge in [-0.3, -0.25) is 19.3 Å². The number of carbonyl (C=O) groups excluding carboxylic acids is 3. The number of halogens is 1. The summed E-state index contributed by atoms with van der Waals surface area (Å²) in [5.74, 6) is 0.129. The number of benzene rings is 3. The molecule has 3 aromatic rings. The summed E-state index contributed by atoms with van der Waals surface area (Å²) in [6, 6.07) is 19.1. The number of thioether (sulfide) groups is 1. The lowest BCUT2D eigenvalue weighted by atomic mass is 10.1. The van der Waals surface area contributed by atoms with E-state index >= 15 is 0 Å². The van der Waals surface area contributed by atoms with E-state index < -0.39 is 23.6 Å². The summed E-state index contributed by atoms with van der Waals surface area (Å²) in [6.07, 6.45) is 1.50. The molecule has 3 aromatic carbocycles. The Bertz CT molecular complexity index is 1520. The fourth-order valence-corrected chi connectivity index (χ4v) is 4.91. The first-order valence-electron chi connectivity index (χ1n) is 12.1. The van der Waals surface area contributed by atoms with Gasteiger partial charge >= 0.3 is 0 Å². The van der Waals surface area contributed by atoms with E-state index in [1.54, 1.807) is 60.7 Å². The van der Waals surface area contributed by atoms with Crippen LogP contribution in [0.2, 0.25) is 5.02 Å². The second kappa shape index (κ2) is 13.1. The number of anilines is 1. The van der Waals surface area contributed by atoms with Crippen molar-refractivity contribution in [3.05, 3.63) is 87.3 Å². The maximum absolute atomic E-state index is 13.0. The van der Waals surface area contributed by atoms with Crippen LogP contribution in [0.1, 0.15) is 23.6 Å². The van der Waals surface area contributed by atoms with E-state index in [4.69, 9.17) is 25.8 Å². The van der Waals surface area contributed by atoms with E-state index in [-0.39, 0.29) is 22.3 Å². The zero-order chi connectivity index (χ0) is 28.6. The molecule has 40 heavy (non-hydrogen) atoms. The molecule has 0 saturated carbocycles. The molecule has 0 unspecified atom stereocenters. The van der Waals surface area contributed by atoms with Crippen molar-refractivity contribution in [3.8, 4) is 23.3 Å². The Balaban J connectivity index is 1.45. The van der Waals surface area contributed by atoms with Crippen molar-refractivity contribution in [3.63, 3.8) is 0 Å². The predicted octanol–water partition coefficient (Wildman–Crippen LogP) is 5.87. The van der Waals surface area contributed by atoms with Crippen LogP contribution in [0.4, 0.5) is 10.5 Å². The largest absolute Gasteiger partial charge is 0.494 e. The fraction of sp³-hybridized carbons (Fsp3) is 0.172. The summed E-state index contributed by atoms with van der Waals surface area (Å²) >= 11 is 7.20. The number of methoxy groups -OCH3 is 1. The standard InChI is InChI=1S/C29H24ClN3O6S/c1-3-38-22-10-8-21(9-11-22)32-26(34)16-33-28(35)25(40-29(33)36)14-18-12-23(30)27(24(13-18)37-2)39-17-20-7-5-4-6-19(20)15-31/h4-14H,3,16-17H2,1-2H3,(H,32,34)/b25-14+. The fourth-order valence-electron chi connectivity index (χ4n) is 3.80. The molecule has 1 heterocycles. The van der Waals surface area contributed by atoms with Crippen LogP contribution < -0.4 is 19.5 Å². The molecule has 1 aliphatic rings. The molecule has 1 N–H and O–H groups in total. The number of amides is 3. The Morgan fingerprint density at radius 3 is 2.58 bits per heavy atom. The lowest BCUT2D eigenvalue weighted by Crippen LogP contribution is -2.36. The van der Waals surface area contributed by atoms with Gasteiger partial charge < -0.3 is 19.5 Å². The zero-order valence-electron chi connectivity index (χ0n) is 21.6. The van der Waals surface area contributed by atoms with Crippen LogP contribution in [0.15, 0.2) is 65.6 Å². The molecule has 204 valence electrons. The third-order valence-electron chi connectivity index (χ3n) is 5.68. The lowest BCUT2D eigenvalue weighted by molar-refractivity contribution is -0.127. The van der Waals surface area contributed by atoms with E-state index in [1.165, 1.54) is 13.2 Å². The molecule has 1 saturated heterocycles. The van der Waals surface area contributed by atoms with Gasteiger partial charge in [0.2, 0.25) is 5.91 Å². The van der Waals surface area contributed by atoms with Crippen LogP contribution in [-0.4, -0.2) is 42.2 Å². The van der Waals surface area contributed by atoms with E-state index in [2.05, 4.69) is 11.4 Å². The van der Waals surface area contributed by atoms with Gasteiger partial charge in [0.05, 0.1) is 35.3 Å². The number of ether oxygens (including phenoxy) is 3. The molecule has 11 heteroatoms. The number of carbonyl (C=O) groups is 3.